The summed E-state index contributed by atoms with van der Waals surface area (Å²) in [7, 11) is -4.10. The molecule has 0 heterocycles. The number of sulfonamides is 1. The number of benzene rings is 2. The van der Waals surface area contributed by atoms with Gasteiger partial charge in [-0.05, 0) is 36.4 Å². The lowest BCUT2D eigenvalue weighted by Crippen LogP contribution is -2.33. The zero-order chi connectivity index (χ0) is 18.8. The van der Waals surface area contributed by atoms with Gasteiger partial charge < -0.3 is 5.11 Å². The van der Waals surface area contributed by atoms with E-state index in [2.05, 4.69) is 15.9 Å². The van der Waals surface area contributed by atoms with E-state index < -0.39 is 22.4 Å². The minimum atomic E-state index is -4.10. The van der Waals surface area contributed by atoms with Crippen molar-refractivity contribution in [1.29, 1.82) is 0 Å². The van der Waals surface area contributed by atoms with Gasteiger partial charge in [-0.15, -0.1) is 0 Å². The monoisotopic (exact) mass is 485 g/mol. The Kier molecular flexibility index (Phi) is 6.62. The SMILES string of the molecule is O=C(O)CCN(c1ccc(Br)cc1Cl)S(=O)(=O)c1ccc(Cl)c(Cl)c1. The lowest BCUT2D eigenvalue weighted by molar-refractivity contribution is -0.136. The Labute approximate surface area is 168 Å². The van der Waals surface area contributed by atoms with E-state index in [4.69, 9.17) is 39.9 Å². The van der Waals surface area contributed by atoms with Crippen molar-refractivity contribution in [2.75, 3.05) is 10.8 Å². The van der Waals surface area contributed by atoms with Gasteiger partial charge in [0.2, 0.25) is 0 Å². The van der Waals surface area contributed by atoms with Crippen LogP contribution in [-0.4, -0.2) is 26.0 Å². The summed E-state index contributed by atoms with van der Waals surface area (Å²) in [6.45, 7) is -0.292. The first-order valence-electron chi connectivity index (χ1n) is 6.77. The summed E-state index contributed by atoms with van der Waals surface area (Å²) < 4.78 is 27.6. The third-order valence-corrected chi connectivity index (χ3v) is 6.53. The van der Waals surface area contributed by atoms with Crippen LogP contribution in [0.15, 0.2) is 45.8 Å². The Balaban J connectivity index is 2.56. The number of hydrogen-bond donors (Lipinski definition) is 1. The number of hydrogen-bond acceptors (Lipinski definition) is 3. The quantitative estimate of drug-likeness (QED) is 0.617. The average molecular weight is 488 g/mol. The molecular weight excluding hydrogens is 476 g/mol. The first-order chi connectivity index (χ1) is 11.6. The second-order valence-electron chi connectivity index (χ2n) is 4.89. The zero-order valence-electron chi connectivity index (χ0n) is 12.4. The molecule has 2 aromatic rings. The number of halogens is 4. The molecule has 25 heavy (non-hydrogen) atoms. The topological polar surface area (TPSA) is 74.7 Å². The molecule has 0 spiro atoms. The molecule has 0 aromatic heterocycles. The van der Waals surface area contributed by atoms with Crippen LogP contribution in [0.25, 0.3) is 0 Å². The van der Waals surface area contributed by atoms with Crippen molar-refractivity contribution in [3.8, 4) is 0 Å². The molecular formula is C15H11BrCl3NO4S. The van der Waals surface area contributed by atoms with Crippen LogP contribution in [0.2, 0.25) is 15.1 Å². The van der Waals surface area contributed by atoms with Gasteiger partial charge in [0, 0.05) is 11.0 Å². The van der Waals surface area contributed by atoms with Gasteiger partial charge in [-0.2, -0.15) is 0 Å². The number of anilines is 1. The van der Waals surface area contributed by atoms with Crippen LogP contribution in [0.1, 0.15) is 6.42 Å². The molecule has 5 nitrogen and oxygen atoms in total. The van der Waals surface area contributed by atoms with Crippen LogP contribution in [0.3, 0.4) is 0 Å². The van der Waals surface area contributed by atoms with Gasteiger partial charge in [0.15, 0.2) is 0 Å². The highest BCUT2D eigenvalue weighted by atomic mass is 79.9. The summed E-state index contributed by atoms with van der Waals surface area (Å²) in [6, 6.07) is 8.48. The average Bonchev–Trinajstić information content (AvgIpc) is 2.51. The maximum Gasteiger partial charge on any atom is 0.305 e. The molecule has 2 rings (SSSR count). The van der Waals surface area contributed by atoms with Gasteiger partial charge in [0.05, 0.1) is 32.1 Å². The molecule has 0 unspecified atom stereocenters. The summed E-state index contributed by atoms with van der Waals surface area (Å²) in [5.41, 5.74) is 0.164. The van der Waals surface area contributed by atoms with E-state index in [1.807, 2.05) is 0 Å². The van der Waals surface area contributed by atoms with Gasteiger partial charge in [-0.25, -0.2) is 8.42 Å². The first kappa shape index (κ1) is 20.3. The predicted molar refractivity (Wildman–Crippen MR) is 102 cm³/mol. The summed E-state index contributed by atoms with van der Waals surface area (Å²) in [6.07, 6.45) is -0.396. The minimum absolute atomic E-state index is 0.0721. The Bertz CT molecular complexity index is 921. The highest BCUT2D eigenvalue weighted by Gasteiger charge is 2.27. The van der Waals surface area contributed by atoms with E-state index >= 15 is 0 Å². The van der Waals surface area contributed by atoms with E-state index in [-0.39, 0.29) is 32.2 Å². The highest BCUT2D eigenvalue weighted by Crippen LogP contribution is 2.34. The molecule has 0 amide bonds. The van der Waals surface area contributed by atoms with Gasteiger partial charge in [0.25, 0.3) is 10.0 Å². The van der Waals surface area contributed by atoms with Crippen LogP contribution >= 0.6 is 50.7 Å². The van der Waals surface area contributed by atoms with Crippen molar-refractivity contribution in [2.24, 2.45) is 0 Å². The minimum Gasteiger partial charge on any atom is -0.481 e. The van der Waals surface area contributed by atoms with Crippen LogP contribution < -0.4 is 4.31 Å². The Morgan fingerprint density at radius 1 is 1.04 bits per heavy atom. The van der Waals surface area contributed by atoms with Crippen LogP contribution in [0.5, 0.6) is 0 Å². The van der Waals surface area contributed by atoms with Crippen LogP contribution in [0.4, 0.5) is 5.69 Å². The molecule has 0 fully saturated rings. The van der Waals surface area contributed by atoms with E-state index in [1.165, 1.54) is 30.3 Å². The number of carboxylic acids is 1. The second kappa shape index (κ2) is 8.14. The summed E-state index contributed by atoms with van der Waals surface area (Å²) in [5.74, 6) is -1.14. The van der Waals surface area contributed by atoms with E-state index in [0.717, 1.165) is 4.31 Å². The van der Waals surface area contributed by atoms with Gasteiger partial charge in [0.1, 0.15) is 0 Å². The first-order valence-corrected chi connectivity index (χ1v) is 10.1. The second-order valence-corrected chi connectivity index (χ2v) is 8.89. The normalized spacial score (nSPS) is 11.4. The third-order valence-electron chi connectivity index (χ3n) is 3.19. The molecule has 0 saturated heterocycles. The molecule has 0 saturated carbocycles. The highest BCUT2D eigenvalue weighted by molar-refractivity contribution is 9.10. The molecule has 1 N–H and O–H groups in total. The van der Waals surface area contributed by atoms with Crippen molar-refractivity contribution >= 4 is 72.4 Å². The molecule has 0 aliphatic carbocycles. The van der Waals surface area contributed by atoms with Crippen molar-refractivity contribution in [3.05, 3.63) is 55.9 Å². The molecule has 0 aliphatic heterocycles. The van der Waals surface area contributed by atoms with Crippen LogP contribution in [-0.2, 0) is 14.8 Å². The van der Waals surface area contributed by atoms with E-state index in [1.54, 1.807) is 6.07 Å². The van der Waals surface area contributed by atoms with Gasteiger partial charge in [-0.1, -0.05) is 50.7 Å². The number of nitrogens with zero attached hydrogens (tertiary/aromatic N) is 1. The van der Waals surface area contributed by atoms with E-state index in [0.29, 0.717) is 4.47 Å². The van der Waals surface area contributed by atoms with Gasteiger partial charge >= 0.3 is 5.97 Å². The Hall–Kier alpha value is -0.990. The molecule has 2 aromatic carbocycles. The van der Waals surface area contributed by atoms with Crippen molar-refractivity contribution < 1.29 is 18.3 Å². The summed E-state index contributed by atoms with van der Waals surface area (Å²) >= 11 is 21.1. The number of carboxylic acid groups (broad SMARTS) is 1. The van der Waals surface area contributed by atoms with E-state index in [9.17, 15) is 13.2 Å². The molecule has 10 heteroatoms. The molecule has 0 radical (unpaired) electrons. The third kappa shape index (κ3) is 4.80. The fourth-order valence-corrected chi connectivity index (χ4v) is 4.71. The standard InChI is InChI=1S/C15H11BrCl3NO4S/c16-9-1-4-14(13(19)7-9)20(6-5-15(21)22)25(23,24)10-2-3-11(17)12(18)8-10/h1-4,7-8H,5-6H2,(H,21,22). The molecule has 0 atom stereocenters. The molecule has 0 aliphatic rings. The fourth-order valence-electron chi connectivity index (χ4n) is 2.02. The maximum atomic E-state index is 13.0. The summed E-state index contributed by atoms with van der Waals surface area (Å²) in [5, 5.41) is 9.37. The van der Waals surface area contributed by atoms with Crippen LogP contribution in [0, 0.1) is 0 Å². The maximum absolute atomic E-state index is 13.0. The smallest absolute Gasteiger partial charge is 0.305 e. The zero-order valence-corrected chi connectivity index (χ0v) is 17.1. The summed E-state index contributed by atoms with van der Waals surface area (Å²) in [4.78, 5) is 10.8. The van der Waals surface area contributed by atoms with Gasteiger partial charge in [-0.3, -0.25) is 9.10 Å². The lowest BCUT2D eigenvalue weighted by atomic mass is 10.3. The predicted octanol–water partition coefficient (Wildman–Crippen LogP) is 5.08. The Morgan fingerprint density at radius 2 is 1.72 bits per heavy atom. The Morgan fingerprint density at radius 3 is 2.28 bits per heavy atom. The number of aliphatic carboxylic acids is 1. The fraction of sp³-hybridized carbons (Fsp3) is 0.133. The van der Waals surface area contributed by atoms with Crippen molar-refractivity contribution in [1.82, 2.24) is 0 Å². The molecule has 0 bridgehead atoms. The number of carbonyl (C=O) groups is 1. The van der Waals surface area contributed by atoms with Crippen molar-refractivity contribution in [2.45, 2.75) is 11.3 Å². The molecule has 134 valence electrons. The van der Waals surface area contributed by atoms with Crippen molar-refractivity contribution in [3.63, 3.8) is 0 Å². The largest absolute Gasteiger partial charge is 0.481 e. The number of rotatable bonds is 6. The lowest BCUT2D eigenvalue weighted by Gasteiger charge is -2.25.